The molecule has 2 rings (SSSR count). The fourth-order valence-electron chi connectivity index (χ4n) is 2.50. The van der Waals surface area contributed by atoms with Gasteiger partial charge >= 0.3 is 11.8 Å². The van der Waals surface area contributed by atoms with Crippen LogP contribution >= 0.6 is 11.6 Å². The van der Waals surface area contributed by atoms with Gasteiger partial charge in [0, 0.05) is 12.5 Å². The molecule has 0 bridgehead atoms. The molecule has 0 saturated heterocycles. The molecular weight excluding hydrogens is 311 g/mol. The summed E-state index contributed by atoms with van der Waals surface area (Å²) in [6, 6.07) is 3.47. The first-order valence-corrected chi connectivity index (χ1v) is 7.57. The van der Waals surface area contributed by atoms with Gasteiger partial charge in [-0.15, -0.1) is 0 Å². The SMILES string of the molecule is O=C(NCC1CCCCC1O)C(=O)Nc1ccc(F)cc1Cl. The maximum absolute atomic E-state index is 12.9. The number of hydrogen-bond acceptors (Lipinski definition) is 3. The Hall–Kier alpha value is -1.66. The van der Waals surface area contributed by atoms with Gasteiger partial charge in [-0.2, -0.15) is 0 Å². The van der Waals surface area contributed by atoms with E-state index in [0.717, 1.165) is 37.8 Å². The fourth-order valence-corrected chi connectivity index (χ4v) is 2.71. The molecule has 3 N–H and O–H groups in total. The average Bonchev–Trinajstić information content (AvgIpc) is 2.49. The first-order chi connectivity index (χ1) is 10.5. The third-order valence-electron chi connectivity index (χ3n) is 3.78. The molecule has 1 aromatic rings. The predicted molar refractivity (Wildman–Crippen MR) is 81.0 cm³/mol. The van der Waals surface area contributed by atoms with E-state index in [9.17, 15) is 19.1 Å². The zero-order chi connectivity index (χ0) is 16.1. The van der Waals surface area contributed by atoms with E-state index in [1.165, 1.54) is 6.07 Å². The summed E-state index contributed by atoms with van der Waals surface area (Å²) in [6.07, 6.45) is 3.10. The molecule has 1 aliphatic rings. The summed E-state index contributed by atoms with van der Waals surface area (Å²) in [5.74, 6) is -2.24. The number of hydrogen-bond donors (Lipinski definition) is 3. The lowest BCUT2D eigenvalue weighted by molar-refractivity contribution is -0.136. The lowest BCUT2D eigenvalue weighted by Crippen LogP contribution is -2.41. The van der Waals surface area contributed by atoms with E-state index in [4.69, 9.17) is 11.6 Å². The second-order valence-electron chi connectivity index (χ2n) is 5.40. The van der Waals surface area contributed by atoms with Crippen molar-refractivity contribution in [1.82, 2.24) is 5.32 Å². The maximum Gasteiger partial charge on any atom is 0.313 e. The van der Waals surface area contributed by atoms with Gasteiger partial charge in [0.2, 0.25) is 0 Å². The zero-order valence-corrected chi connectivity index (χ0v) is 12.7. The molecule has 0 radical (unpaired) electrons. The topological polar surface area (TPSA) is 78.4 Å². The molecule has 0 aliphatic heterocycles. The van der Waals surface area contributed by atoms with E-state index in [0.29, 0.717) is 0 Å². The highest BCUT2D eigenvalue weighted by atomic mass is 35.5. The third-order valence-corrected chi connectivity index (χ3v) is 4.09. The van der Waals surface area contributed by atoms with Gasteiger partial charge in [-0.25, -0.2) is 4.39 Å². The zero-order valence-electron chi connectivity index (χ0n) is 11.9. The number of aliphatic hydroxyl groups excluding tert-OH is 1. The smallest absolute Gasteiger partial charge is 0.313 e. The Kier molecular flexibility index (Phi) is 5.74. The molecule has 22 heavy (non-hydrogen) atoms. The van der Waals surface area contributed by atoms with Crippen LogP contribution in [0, 0.1) is 11.7 Å². The molecule has 1 saturated carbocycles. The van der Waals surface area contributed by atoms with Crippen LogP contribution in [0.4, 0.5) is 10.1 Å². The van der Waals surface area contributed by atoms with Crippen molar-refractivity contribution in [2.45, 2.75) is 31.8 Å². The Morgan fingerprint density at radius 3 is 2.68 bits per heavy atom. The van der Waals surface area contributed by atoms with Crippen LogP contribution in [0.2, 0.25) is 5.02 Å². The number of amides is 2. The molecule has 5 nitrogen and oxygen atoms in total. The lowest BCUT2D eigenvalue weighted by atomic mass is 9.86. The average molecular weight is 329 g/mol. The first kappa shape index (κ1) is 16.7. The standard InChI is InChI=1S/C15H18ClFN2O3/c16-11-7-10(17)5-6-12(11)19-15(22)14(21)18-8-9-3-1-2-4-13(9)20/h5-7,9,13,20H,1-4,8H2,(H,18,21)(H,19,22). The van der Waals surface area contributed by atoms with Crippen LogP contribution in [-0.2, 0) is 9.59 Å². The fraction of sp³-hybridized carbons (Fsp3) is 0.467. The Morgan fingerprint density at radius 1 is 1.27 bits per heavy atom. The molecule has 1 fully saturated rings. The summed E-state index contributed by atoms with van der Waals surface area (Å²) >= 11 is 5.78. The van der Waals surface area contributed by atoms with E-state index in [2.05, 4.69) is 10.6 Å². The second kappa shape index (κ2) is 7.56. The highest BCUT2D eigenvalue weighted by molar-refractivity contribution is 6.41. The van der Waals surface area contributed by atoms with Crippen molar-refractivity contribution in [3.05, 3.63) is 29.0 Å². The summed E-state index contributed by atoms with van der Waals surface area (Å²) < 4.78 is 12.9. The van der Waals surface area contributed by atoms with Crippen LogP contribution < -0.4 is 10.6 Å². The third kappa shape index (κ3) is 4.42. The van der Waals surface area contributed by atoms with Gasteiger partial charge in [-0.1, -0.05) is 24.4 Å². The van der Waals surface area contributed by atoms with Crippen molar-refractivity contribution >= 4 is 29.1 Å². The number of halogens is 2. The Bertz CT molecular complexity index is 568. The molecule has 1 aromatic carbocycles. The molecular formula is C15H18ClFN2O3. The Morgan fingerprint density at radius 2 is 2.00 bits per heavy atom. The van der Waals surface area contributed by atoms with Crippen LogP contribution in [0.1, 0.15) is 25.7 Å². The minimum absolute atomic E-state index is 0.0175. The molecule has 2 amide bonds. The van der Waals surface area contributed by atoms with Crippen LogP contribution in [0.3, 0.4) is 0 Å². The molecule has 0 spiro atoms. The van der Waals surface area contributed by atoms with Crippen LogP contribution in [0.5, 0.6) is 0 Å². The highest BCUT2D eigenvalue weighted by Crippen LogP contribution is 2.24. The lowest BCUT2D eigenvalue weighted by Gasteiger charge is -2.27. The van der Waals surface area contributed by atoms with Gasteiger partial charge in [0.25, 0.3) is 0 Å². The summed E-state index contributed by atoms with van der Waals surface area (Å²) in [5, 5.41) is 14.7. The molecule has 0 aromatic heterocycles. The van der Waals surface area contributed by atoms with Crippen molar-refractivity contribution in [3.63, 3.8) is 0 Å². The number of carbonyl (C=O) groups excluding carboxylic acids is 2. The van der Waals surface area contributed by atoms with Gasteiger partial charge in [0.05, 0.1) is 16.8 Å². The predicted octanol–water partition coefficient (Wildman–Crippen LogP) is 2.08. The number of nitrogens with one attached hydrogen (secondary N) is 2. The maximum atomic E-state index is 12.9. The van der Waals surface area contributed by atoms with E-state index in [-0.39, 0.29) is 23.2 Å². The quantitative estimate of drug-likeness (QED) is 0.743. The number of aliphatic hydroxyl groups is 1. The minimum atomic E-state index is -0.876. The Labute approximate surface area is 132 Å². The normalized spacial score (nSPS) is 21.2. The van der Waals surface area contributed by atoms with Crippen LogP contribution in [-0.4, -0.2) is 29.6 Å². The number of carbonyl (C=O) groups is 2. The number of rotatable bonds is 3. The van der Waals surface area contributed by atoms with Gasteiger partial charge < -0.3 is 15.7 Å². The van der Waals surface area contributed by atoms with E-state index >= 15 is 0 Å². The molecule has 120 valence electrons. The molecule has 1 aliphatic carbocycles. The van der Waals surface area contributed by atoms with E-state index in [1.54, 1.807) is 0 Å². The van der Waals surface area contributed by atoms with Crippen LogP contribution in [0.25, 0.3) is 0 Å². The second-order valence-corrected chi connectivity index (χ2v) is 5.81. The van der Waals surface area contributed by atoms with Crippen molar-refractivity contribution in [3.8, 4) is 0 Å². The monoisotopic (exact) mass is 328 g/mol. The van der Waals surface area contributed by atoms with Gasteiger partial charge in [-0.3, -0.25) is 9.59 Å². The van der Waals surface area contributed by atoms with Gasteiger partial charge in [0.1, 0.15) is 5.82 Å². The highest BCUT2D eigenvalue weighted by Gasteiger charge is 2.24. The summed E-state index contributed by atoms with van der Waals surface area (Å²) in [4.78, 5) is 23.5. The first-order valence-electron chi connectivity index (χ1n) is 7.19. The van der Waals surface area contributed by atoms with Gasteiger partial charge in [-0.05, 0) is 31.0 Å². The van der Waals surface area contributed by atoms with Crippen molar-refractivity contribution in [1.29, 1.82) is 0 Å². The van der Waals surface area contributed by atoms with E-state index in [1.807, 2.05) is 0 Å². The molecule has 2 unspecified atom stereocenters. The number of anilines is 1. The van der Waals surface area contributed by atoms with Gasteiger partial charge in [0.15, 0.2) is 0 Å². The molecule has 2 atom stereocenters. The molecule has 0 heterocycles. The summed E-state index contributed by atoms with van der Waals surface area (Å²) in [6.45, 7) is 0.255. The molecule has 7 heteroatoms. The summed E-state index contributed by atoms with van der Waals surface area (Å²) in [7, 11) is 0. The van der Waals surface area contributed by atoms with Crippen molar-refractivity contribution in [2.75, 3.05) is 11.9 Å². The van der Waals surface area contributed by atoms with Crippen LogP contribution in [0.15, 0.2) is 18.2 Å². The minimum Gasteiger partial charge on any atom is -0.393 e. The van der Waals surface area contributed by atoms with Crippen molar-refractivity contribution < 1.29 is 19.1 Å². The largest absolute Gasteiger partial charge is 0.393 e. The van der Waals surface area contributed by atoms with Crippen molar-refractivity contribution in [2.24, 2.45) is 5.92 Å². The Balaban J connectivity index is 1.85. The summed E-state index contributed by atoms with van der Waals surface area (Å²) in [5.41, 5.74) is 0.168. The number of benzene rings is 1. The van der Waals surface area contributed by atoms with E-state index < -0.39 is 23.7 Å².